The van der Waals surface area contributed by atoms with Crippen molar-refractivity contribution in [2.75, 3.05) is 6.61 Å². The minimum atomic E-state index is -0.646. The summed E-state index contributed by atoms with van der Waals surface area (Å²) in [5.74, 6) is -0.475. The number of hydrogen-bond donors (Lipinski definition) is 0. The van der Waals surface area contributed by atoms with E-state index in [1.54, 1.807) is 24.5 Å². The van der Waals surface area contributed by atoms with E-state index in [1.165, 1.54) is 11.3 Å². The molecule has 1 aliphatic rings. The van der Waals surface area contributed by atoms with Gasteiger partial charge in [0.25, 0.3) is 5.56 Å². The third kappa shape index (κ3) is 5.05. The van der Waals surface area contributed by atoms with E-state index in [0.717, 1.165) is 27.7 Å². The minimum Gasteiger partial charge on any atom is -0.463 e. The van der Waals surface area contributed by atoms with Gasteiger partial charge < -0.3 is 9.30 Å². The molecule has 6 rings (SSSR count). The fourth-order valence-corrected chi connectivity index (χ4v) is 6.72. The van der Waals surface area contributed by atoms with E-state index in [0.29, 0.717) is 37.2 Å². The predicted molar refractivity (Wildman–Crippen MR) is 164 cm³/mol. The smallest absolute Gasteiger partial charge is 0.338 e. The Morgan fingerprint density at radius 2 is 1.80 bits per heavy atom. The molecule has 5 aromatic rings. The molecule has 0 bridgehead atoms. The quantitative estimate of drug-likeness (QED) is 0.221. The van der Waals surface area contributed by atoms with Gasteiger partial charge in [0.05, 0.1) is 28.5 Å². The van der Waals surface area contributed by atoms with E-state index in [4.69, 9.17) is 27.9 Å². The highest BCUT2D eigenvalue weighted by Crippen LogP contribution is 2.31. The number of esters is 1. The van der Waals surface area contributed by atoms with Crippen LogP contribution in [0.25, 0.3) is 17.0 Å². The molecule has 0 saturated carbocycles. The van der Waals surface area contributed by atoms with Crippen molar-refractivity contribution in [1.82, 2.24) is 9.13 Å². The van der Waals surface area contributed by atoms with Gasteiger partial charge in [0, 0.05) is 33.2 Å². The van der Waals surface area contributed by atoms with E-state index in [1.807, 2.05) is 72.8 Å². The summed E-state index contributed by atoms with van der Waals surface area (Å²) < 4.78 is 9.63. The second-order valence-electron chi connectivity index (χ2n) is 9.66. The highest BCUT2D eigenvalue weighted by Gasteiger charge is 2.33. The number of thiazole rings is 1. The topological polar surface area (TPSA) is 65.6 Å². The van der Waals surface area contributed by atoms with Crippen LogP contribution < -0.4 is 14.9 Å². The van der Waals surface area contributed by atoms with Gasteiger partial charge in [0.2, 0.25) is 0 Å². The third-order valence-corrected chi connectivity index (χ3v) is 8.67. The Kier molecular flexibility index (Phi) is 7.43. The van der Waals surface area contributed by atoms with Crippen molar-refractivity contribution in [2.24, 2.45) is 4.99 Å². The van der Waals surface area contributed by atoms with E-state index < -0.39 is 12.0 Å². The summed E-state index contributed by atoms with van der Waals surface area (Å²) >= 11 is 14.0. The van der Waals surface area contributed by atoms with Crippen LogP contribution in [0.4, 0.5) is 0 Å². The largest absolute Gasteiger partial charge is 0.463 e. The number of nitrogens with zero attached hydrogens (tertiary/aromatic N) is 3. The molecule has 0 N–H and O–H groups in total. The number of para-hydroxylation sites is 1. The van der Waals surface area contributed by atoms with Crippen molar-refractivity contribution in [3.8, 4) is 0 Å². The van der Waals surface area contributed by atoms with Crippen molar-refractivity contribution >= 4 is 57.5 Å². The molecule has 0 spiro atoms. The molecule has 3 heterocycles. The SMILES string of the molecule is CCOC(=O)C1=C(C)N=c2sc(=Cc3cc4ccccc4n3Cc3ccc(Cl)cc3Cl)c(=O)n2[C@@H]1c1ccccc1. The first kappa shape index (κ1) is 27.3. The summed E-state index contributed by atoms with van der Waals surface area (Å²) in [6.45, 7) is 4.26. The van der Waals surface area contributed by atoms with Crippen LogP contribution >= 0.6 is 34.5 Å². The lowest BCUT2D eigenvalue weighted by Gasteiger charge is -2.24. The van der Waals surface area contributed by atoms with Crippen LogP contribution in [0.2, 0.25) is 10.0 Å². The summed E-state index contributed by atoms with van der Waals surface area (Å²) in [6, 6.07) is 24.4. The van der Waals surface area contributed by atoms with E-state index in [9.17, 15) is 9.59 Å². The molecule has 0 aliphatic carbocycles. The molecule has 0 fully saturated rings. The maximum Gasteiger partial charge on any atom is 0.338 e. The average Bonchev–Trinajstić information content (AvgIpc) is 3.46. The summed E-state index contributed by atoms with van der Waals surface area (Å²) in [6.07, 6.45) is 1.89. The summed E-state index contributed by atoms with van der Waals surface area (Å²) in [7, 11) is 0. The Balaban J connectivity index is 1.54. The van der Waals surface area contributed by atoms with Gasteiger partial charge in [0.1, 0.15) is 0 Å². The zero-order valence-electron chi connectivity index (χ0n) is 22.3. The second-order valence-corrected chi connectivity index (χ2v) is 11.5. The molecule has 0 unspecified atom stereocenters. The van der Waals surface area contributed by atoms with Gasteiger partial charge in [0.15, 0.2) is 4.80 Å². The van der Waals surface area contributed by atoms with E-state index >= 15 is 0 Å². The summed E-state index contributed by atoms with van der Waals surface area (Å²) in [4.78, 5) is 32.4. The van der Waals surface area contributed by atoms with E-state index in [2.05, 4.69) is 15.6 Å². The zero-order valence-corrected chi connectivity index (χ0v) is 24.6. The van der Waals surface area contributed by atoms with Gasteiger partial charge in [-0.1, -0.05) is 89.1 Å². The van der Waals surface area contributed by atoms with Crippen LogP contribution in [-0.2, 0) is 16.1 Å². The highest BCUT2D eigenvalue weighted by atomic mass is 35.5. The summed E-state index contributed by atoms with van der Waals surface area (Å²) in [5.41, 5.74) is 4.26. The number of carbonyl (C=O) groups is 1. The number of rotatable bonds is 6. The zero-order chi connectivity index (χ0) is 28.7. The van der Waals surface area contributed by atoms with Gasteiger partial charge in [-0.3, -0.25) is 9.36 Å². The first-order valence-corrected chi connectivity index (χ1v) is 14.7. The van der Waals surface area contributed by atoms with Gasteiger partial charge >= 0.3 is 5.97 Å². The Morgan fingerprint density at radius 3 is 2.56 bits per heavy atom. The fourth-order valence-electron chi connectivity index (χ4n) is 5.22. The number of benzene rings is 3. The maximum atomic E-state index is 14.1. The molecular weight excluding hydrogens is 577 g/mol. The van der Waals surface area contributed by atoms with Gasteiger partial charge in [-0.2, -0.15) is 0 Å². The molecule has 0 saturated heterocycles. The van der Waals surface area contributed by atoms with Crippen molar-refractivity contribution < 1.29 is 9.53 Å². The number of ether oxygens (including phenoxy) is 1. The van der Waals surface area contributed by atoms with Crippen LogP contribution in [0, 0.1) is 0 Å². The third-order valence-electron chi connectivity index (χ3n) is 7.10. The normalized spacial score (nSPS) is 15.2. The Hall–Kier alpha value is -3.91. The number of halogens is 2. The van der Waals surface area contributed by atoms with Crippen molar-refractivity contribution in [3.63, 3.8) is 0 Å². The van der Waals surface area contributed by atoms with Gasteiger partial charge in [-0.05, 0) is 55.3 Å². The molecule has 2 aromatic heterocycles. The molecule has 41 heavy (non-hydrogen) atoms. The van der Waals surface area contributed by atoms with Gasteiger partial charge in [-0.25, -0.2) is 9.79 Å². The number of allylic oxidation sites excluding steroid dienone is 1. The molecule has 9 heteroatoms. The average molecular weight is 603 g/mol. The number of aromatic nitrogens is 2. The van der Waals surface area contributed by atoms with E-state index in [-0.39, 0.29) is 12.2 Å². The lowest BCUT2D eigenvalue weighted by Crippen LogP contribution is -2.40. The minimum absolute atomic E-state index is 0.224. The number of hydrogen-bond acceptors (Lipinski definition) is 5. The lowest BCUT2D eigenvalue weighted by molar-refractivity contribution is -0.139. The van der Waals surface area contributed by atoms with Crippen LogP contribution in [0.1, 0.15) is 36.7 Å². The van der Waals surface area contributed by atoms with Gasteiger partial charge in [-0.15, -0.1) is 0 Å². The van der Waals surface area contributed by atoms with Crippen molar-refractivity contribution in [2.45, 2.75) is 26.4 Å². The molecule has 3 aromatic carbocycles. The number of fused-ring (bicyclic) bond motifs is 2. The van der Waals surface area contributed by atoms with Crippen molar-refractivity contribution in [3.05, 3.63) is 137 Å². The monoisotopic (exact) mass is 601 g/mol. The molecular formula is C32H25Cl2N3O3S. The molecule has 0 amide bonds. The molecule has 0 radical (unpaired) electrons. The Bertz CT molecular complexity index is 2020. The lowest BCUT2D eigenvalue weighted by atomic mass is 9.96. The van der Waals surface area contributed by atoms with Crippen LogP contribution in [0.15, 0.2) is 99.9 Å². The van der Waals surface area contributed by atoms with Crippen LogP contribution in [-0.4, -0.2) is 21.7 Å². The standard InChI is InChI=1S/C32H25Cl2N3O3S/c1-3-40-31(39)28-19(2)35-32-37(29(28)20-9-5-4-6-10-20)30(38)27(41-32)17-24-15-21-11-7-8-12-26(21)36(24)18-22-13-14-23(33)16-25(22)34/h4-17,29H,3,18H2,1-2H3/t29-/m1/s1. The first-order valence-electron chi connectivity index (χ1n) is 13.1. The molecule has 206 valence electrons. The predicted octanol–water partition coefficient (Wildman–Crippen LogP) is 6.11. The second kappa shape index (κ2) is 11.2. The number of carbonyl (C=O) groups excluding carboxylic acids is 1. The fraction of sp³-hybridized carbons (Fsp3) is 0.156. The molecule has 1 atom stereocenters. The highest BCUT2D eigenvalue weighted by molar-refractivity contribution is 7.07. The Morgan fingerprint density at radius 1 is 1.05 bits per heavy atom. The molecule has 6 nitrogen and oxygen atoms in total. The first-order chi connectivity index (χ1) is 19.9. The van der Waals surface area contributed by atoms with Crippen molar-refractivity contribution in [1.29, 1.82) is 0 Å². The molecule has 1 aliphatic heterocycles. The summed E-state index contributed by atoms with van der Waals surface area (Å²) in [5, 5.41) is 2.19. The van der Waals surface area contributed by atoms with Crippen LogP contribution in [0.3, 0.4) is 0 Å². The maximum absolute atomic E-state index is 14.1. The van der Waals surface area contributed by atoms with Crippen LogP contribution in [0.5, 0.6) is 0 Å². The Labute approximate surface area is 250 Å².